The molecule has 0 atom stereocenters. The van der Waals surface area contributed by atoms with Gasteiger partial charge in [0.2, 0.25) is 0 Å². The van der Waals surface area contributed by atoms with Gasteiger partial charge in [0.25, 0.3) is 10.0 Å². The number of hydrogen-bond donors (Lipinski definition) is 5. The maximum absolute atomic E-state index is 12.6. The predicted octanol–water partition coefficient (Wildman–Crippen LogP) is 3.39. The molecule has 0 unspecified atom stereocenters. The highest BCUT2D eigenvalue weighted by atomic mass is 32.2. The van der Waals surface area contributed by atoms with Crippen LogP contribution in [-0.4, -0.2) is 77.8 Å². The minimum absolute atomic E-state index is 0.00124. The van der Waals surface area contributed by atoms with Crippen LogP contribution in [0.2, 0.25) is 0 Å². The summed E-state index contributed by atoms with van der Waals surface area (Å²) < 4.78 is 26.1. The van der Waals surface area contributed by atoms with Gasteiger partial charge in [-0.3, -0.25) is 0 Å². The van der Waals surface area contributed by atoms with Gasteiger partial charge in [-0.2, -0.15) is 9.19 Å². The summed E-state index contributed by atoms with van der Waals surface area (Å²) in [4.78, 5) is 18.2. The van der Waals surface area contributed by atoms with E-state index in [9.17, 15) is 18.6 Å². The molecule has 2 fully saturated rings. The smallest absolute Gasteiger partial charge is 0.256 e. The van der Waals surface area contributed by atoms with E-state index >= 15 is 0 Å². The lowest BCUT2D eigenvalue weighted by molar-refractivity contribution is 0.0196. The number of aromatic nitrogens is 6. The first-order chi connectivity index (χ1) is 20.7. The molecule has 2 saturated carbocycles. The van der Waals surface area contributed by atoms with E-state index in [2.05, 4.69) is 36.0 Å². The third-order valence-corrected chi connectivity index (χ3v) is 9.74. The van der Waals surface area contributed by atoms with E-state index in [1.54, 1.807) is 18.5 Å². The first-order valence-electron chi connectivity index (χ1n) is 14.4. The molecule has 0 bridgehead atoms. The molecule has 0 saturated heterocycles. The average molecular weight is 606 g/mol. The van der Waals surface area contributed by atoms with Crippen molar-refractivity contribution in [3.63, 3.8) is 0 Å². The highest BCUT2D eigenvalue weighted by Crippen LogP contribution is 2.35. The number of aliphatic hydroxyl groups is 2. The van der Waals surface area contributed by atoms with Gasteiger partial charge in [-0.15, -0.1) is 0 Å². The van der Waals surface area contributed by atoms with Crippen molar-refractivity contribution in [3.8, 4) is 22.6 Å². The highest BCUT2D eigenvalue weighted by Gasteiger charge is 2.37. The second-order valence-corrected chi connectivity index (χ2v) is 13.4. The van der Waals surface area contributed by atoms with Gasteiger partial charge in [-0.05, 0) is 63.6 Å². The Morgan fingerprint density at radius 1 is 1.02 bits per heavy atom. The van der Waals surface area contributed by atoms with Gasteiger partial charge in [-0.25, -0.2) is 28.4 Å². The van der Waals surface area contributed by atoms with Crippen LogP contribution in [0.4, 0.5) is 23.1 Å². The first-order valence-corrected chi connectivity index (χ1v) is 15.9. The van der Waals surface area contributed by atoms with Gasteiger partial charge < -0.3 is 26.2 Å². The van der Waals surface area contributed by atoms with Gasteiger partial charge in [0.05, 0.1) is 41.1 Å². The SMILES string of the molecule is CC1(O)CCC(Nc2cc(Nc3ccnc(-c4cnn(S(=O)(=O)C5CC5)c4)n3)ncc2-c2cccc(NCCO)n2)CC1. The largest absolute Gasteiger partial charge is 0.395 e. The lowest BCUT2D eigenvalue weighted by atomic mass is 9.83. The maximum atomic E-state index is 12.6. The molecule has 4 heterocycles. The maximum Gasteiger partial charge on any atom is 0.256 e. The van der Waals surface area contributed by atoms with E-state index in [1.807, 2.05) is 31.2 Å². The lowest BCUT2D eigenvalue weighted by Gasteiger charge is -2.34. The fourth-order valence-electron chi connectivity index (χ4n) is 5.09. The number of pyridine rings is 2. The van der Waals surface area contributed by atoms with E-state index in [1.165, 1.54) is 12.4 Å². The van der Waals surface area contributed by atoms with E-state index in [-0.39, 0.29) is 17.9 Å². The third-order valence-electron chi connectivity index (χ3n) is 7.71. The molecule has 4 aromatic heterocycles. The number of anilines is 4. The molecule has 0 amide bonds. The average Bonchev–Trinajstić information content (AvgIpc) is 3.74. The molecule has 2 aliphatic carbocycles. The Balaban J connectivity index is 1.26. The minimum Gasteiger partial charge on any atom is -0.395 e. The Morgan fingerprint density at radius 3 is 2.60 bits per heavy atom. The van der Waals surface area contributed by atoms with Crippen molar-refractivity contribution in [1.29, 1.82) is 0 Å². The molecule has 43 heavy (non-hydrogen) atoms. The molecular weight excluding hydrogens is 570 g/mol. The quantitative estimate of drug-likeness (QED) is 0.168. The van der Waals surface area contributed by atoms with Crippen molar-refractivity contribution in [2.45, 2.75) is 62.3 Å². The Labute approximate surface area is 249 Å². The zero-order valence-electron chi connectivity index (χ0n) is 23.8. The zero-order valence-corrected chi connectivity index (χ0v) is 24.6. The Morgan fingerprint density at radius 2 is 1.84 bits per heavy atom. The Hall–Kier alpha value is -4.14. The van der Waals surface area contributed by atoms with Crippen LogP contribution in [-0.2, 0) is 10.0 Å². The molecule has 0 radical (unpaired) electrons. The van der Waals surface area contributed by atoms with Crippen molar-refractivity contribution in [3.05, 3.63) is 55.1 Å². The van der Waals surface area contributed by atoms with E-state index in [0.717, 1.165) is 33.9 Å². The zero-order chi connectivity index (χ0) is 30.0. The van der Waals surface area contributed by atoms with Crippen molar-refractivity contribution in [2.24, 2.45) is 0 Å². The van der Waals surface area contributed by atoms with Gasteiger partial charge >= 0.3 is 0 Å². The summed E-state index contributed by atoms with van der Waals surface area (Å²) in [6, 6.07) is 9.43. The number of nitrogens with zero attached hydrogens (tertiary/aromatic N) is 6. The van der Waals surface area contributed by atoms with Gasteiger partial charge in [0.15, 0.2) is 5.82 Å². The molecule has 0 aliphatic heterocycles. The van der Waals surface area contributed by atoms with Gasteiger partial charge in [-0.1, -0.05) is 6.07 Å². The molecule has 14 heteroatoms. The normalized spacial score (nSPS) is 20.5. The molecule has 5 N–H and O–H groups in total. The van der Waals surface area contributed by atoms with Crippen LogP contribution in [0.5, 0.6) is 0 Å². The van der Waals surface area contributed by atoms with Crippen LogP contribution >= 0.6 is 0 Å². The van der Waals surface area contributed by atoms with Crippen molar-refractivity contribution in [2.75, 3.05) is 29.1 Å². The second kappa shape index (κ2) is 11.9. The molecule has 6 rings (SSSR count). The fourth-order valence-corrected chi connectivity index (χ4v) is 6.57. The van der Waals surface area contributed by atoms with E-state index < -0.39 is 15.6 Å². The van der Waals surface area contributed by atoms with Crippen molar-refractivity contribution < 1.29 is 18.6 Å². The summed E-state index contributed by atoms with van der Waals surface area (Å²) in [6.45, 7) is 2.27. The molecule has 0 aromatic carbocycles. The van der Waals surface area contributed by atoms with Crippen LogP contribution in [0, 0.1) is 0 Å². The molecule has 2 aliphatic rings. The van der Waals surface area contributed by atoms with Crippen LogP contribution in [0.1, 0.15) is 45.4 Å². The monoisotopic (exact) mass is 605 g/mol. The van der Waals surface area contributed by atoms with E-state index in [0.29, 0.717) is 61.1 Å². The molecule has 13 nitrogen and oxygen atoms in total. The number of hydrogen-bond acceptors (Lipinski definition) is 12. The number of rotatable bonds is 11. The summed E-state index contributed by atoms with van der Waals surface area (Å²) in [7, 11) is -3.49. The third kappa shape index (κ3) is 6.76. The molecule has 226 valence electrons. The van der Waals surface area contributed by atoms with Crippen LogP contribution in [0.15, 0.2) is 55.1 Å². The van der Waals surface area contributed by atoms with Crippen molar-refractivity contribution in [1.82, 2.24) is 29.1 Å². The summed E-state index contributed by atoms with van der Waals surface area (Å²) in [6.07, 6.45) is 10.6. The van der Waals surface area contributed by atoms with Crippen LogP contribution < -0.4 is 16.0 Å². The summed E-state index contributed by atoms with van der Waals surface area (Å²) in [5.41, 5.74) is 2.20. The Kier molecular flexibility index (Phi) is 7.99. The topological polar surface area (TPSA) is 180 Å². The van der Waals surface area contributed by atoms with Crippen molar-refractivity contribution >= 4 is 33.2 Å². The second-order valence-electron chi connectivity index (χ2n) is 11.3. The first kappa shape index (κ1) is 29.0. The van der Waals surface area contributed by atoms with E-state index in [4.69, 9.17) is 4.98 Å². The Bertz CT molecular complexity index is 1700. The molecular formula is C29H35N9O4S. The number of aliphatic hydroxyl groups excluding tert-OH is 1. The van der Waals surface area contributed by atoms with Crippen LogP contribution in [0.25, 0.3) is 22.6 Å². The number of nitrogens with one attached hydrogen (secondary N) is 3. The summed E-state index contributed by atoms with van der Waals surface area (Å²) in [5.74, 6) is 2.01. The van der Waals surface area contributed by atoms with Gasteiger partial charge in [0, 0.05) is 42.3 Å². The van der Waals surface area contributed by atoms with Crippen LogP contribution in [0.3, 0.4) is 0 Å². The predicted molar refractivity (Wildman–Crippen MR) is 163 cm³/mol. The highest BCUT2D eigenvalue weighted by molar-refractivity contribution is 7.90. The van der Waals surface area contributed by atoms with Gasteiger partial charge in [0.1, 0.15) is 17.5 Å². The summed E-state index contributed by atoms with van der Waals surface area (Å²) in [5, 5.41) is 33.3. The lowest BCUT2D eigenvalue weighted by Crippen LogP contribution is -2.35. The minimum atomic E-state index is -3.49. The standard InChI is InChI=1S/C29H35N9O4S/c1-29(40)10-7-20(8-11-29)34-24-15-27(32-17-22(24)23-3-2-4-25(35-23)30-13-14-39)36-26-9-12-31-28(37-26)19-16-33-38(18-19)43(41,42)21-5-6-21/h2-4,9,12,15-18,20-21,39-40H,5-8,10-11,13-14H2,1H3,(H,30,35)(H2,31,32,34,36,37). The summed E-state index contributed by atoms with van der Waals surface area (Å²) >= 11 is 0. The fraction of sp³-hybridized carbons (Fsp3) is 0.414. The molecule has 0 spiro atoms. The molecule has 4 aromatic rings.